The number of aromatic nitrogens is 2. The normalized spacial score (nSPS) is 14.8. The van der Waals surface area contributed by atoms with Gasteiger partial charge in [-0.05, 0) is 36.8 Å². The van der Waals surface area contributed by atoms with E-state index in [0.29, 0.717) is 6.54 Å². The summed E-state index contributed by atoms with van der Waals surface area (Å²) in [6.07, 6.45) is 0. The third-order valence-electron chi connectivity index (χ3n) is 4.85. The molecule has 0 unspecified atom stereocenters. The van der Waals surface area contributed by atoms with E-state index in [1.807, 2.05) is 49.4 Å². The van der Waals surface area contributed by atoms with Gasteiger partial charge in [0.15, 0.2) is 4.34 Å². The van der Waals surface area contributed by atoms with Crippen LogP contribution >= 0.6 is 23.1 Å². The van der Waals surface area contributed by atoms with E-state index in [9.17, 15) is 4.79 Å². The third kappa shape index (κ3) is 6.19. The number of benzene rings is 2. The van der Waals surface area contributed by atoms with E-state index in [2.05, 4.69) is 37.9 Å². The van der Waals surface area contributed by atoms with E-state index in [1.54, 1.807) is 0 Å². The van der Waals surface area contributed by atoms with Crippen LogP contribution in [0.1, 0.15) is 12.5 Å². The molecule has 0 spiro atoms. The molecule has 4 rings (SSSR count). The Bertz CT molecular complexity index is 975. The number of carbonyl (C=O) groups is 1. The molecule has 2 N–H and O–H groups in total. The molecule has 1 aliphatic heterocycles. The van der Waals surface area contributed by atoms with Crippen molar-refractivity contribution in [2.75, 3.05) is 41.8 Å². The van der Waals surface area contributed by atoms with Gasteiger partial charge in [0.25, 0.3) is 0 Å². The maximum atomic E-state index is 12.6. The number of hydrogen-bond donors (Lipinski definition) is 2. The largest absolute Gasteiger partial charge is 0.378 e. The van der Waals surface area contributed by atoms with Gasteiger partial charge in [0, 0.05) is 31.0 Å². The van der Waals surface area contributed by atoms with E-state index >= 15 is 0 Å². The van der Waals surface area contributed by atoms with Crippen molar-refractivity contribution in [2.24, 2.45) is 0 Å². The highest BCUT2D eigenvalue weighted by Crippen LogP contribution is 2.30. The van der Waals surface area contributed by atoms with Gasteiger partial charge in [0.2, 0.25) is 11.0 Å². The van der Waals surface area contributed by atoms with Crippen molar-refractivity contribution in [1.29, 1.82) is 0 Å². The maximum Gasteiger partial charge on any atom is 0.237 e. The Hall–Kier alpha value is -2.62. The smallest absolute Gasteiger partial charge is 0.237 e. The van der Waals surface area contributed by atoms with Crippen LogP contribution in [0.25, 0.3) is 0 Å². The summed E-state index contributed by atoms with van der Waals surface area (Å²) in [6, 6.07) is 18.1. The minimum Gasteiger partial charge on any atom is -0.378 e. The van der Waals surface area contributed by atoms with Crippen LogP contribution in [0, 0.1) is 0 Å². The number of rotatable bonds is 8. The molecule has 1 aliphatic rings. The Kier molecular flexibility index (Phi) is 7.39. The van der Waals surface area contributed by atoms with Crippen molar-refractivity contribution in [2.45, 2.75) is 23.1 Å². The van der Waals surface area contributed by atoms with Gasteiger partial charge in [-0.15, -0.1) is 10.2 Å². The molecule has 3 aromatic rings. The van der Waals surface area contributed by atoms with Crippen molar-refractivity contribution >= 4 is 45.5 Å². The van der Waals surface area contributed by atoms with Crippen LogP contribution in [0.4, 0.5) is 16.5 Å². The molecule has 162 valence electrons. The summed E-state index contributed by atoms with van der Waals surface area (Å²) in [5, 5.41) is 15.1. The van der Waals surface area contributed by atoms with Crippen LogP contribution in [0.15, 0.2) is 58.9 Å². The summed E-state index contributed by atoms with van der Waals surface area (Å²) >= 11 is 2.87. The predicted octanol–water partition coefficient (Wildman–Crippen LogP) is 4.11. The van der Waals surface area contributed by atoms with Gasteiger partial charge in [-0.25, -0.2) is 0 Å². The molecule has 2 aromatic carbocycles. The molecular formula is C22H25N5O2S2. The lowest BCUT2D eigenvalue weighted by Crippen LogP contribution is -2.36. The fraction of sp³-hybridized carbons (Fsp3) is 0.318. The zero-order valence-corrected chi connectivity index (χ0v) is 18.9. The Balaban J connectivity index is 1.26. The van der Waals surface area contributed by atoms with Crippen LogP contribution < -0.4 is 15.5 Å². The first-order chi connectivity index (χ1) is 15.2. The molecule has 2 heterocycles. The molecule has 0 saturated carbocycles. The molecule has 1 saturated heterocycles. The predicted molar refractivity (Wildman–Crippen MR) is 127 cm³/mol. The average molecular weight is 456 g/mol. The third-order valence-corrected chi connectivity index (χ3v) is 6.92. The van der Waals surface area contributed by atoms with Gasteiger partial charge in [-0.3, -0.25) is 4.79 Å². The zero-order valence-electron chi connectivity index (χ0n) is 17.3. The first-order valence-corrected chi connectivity index (χ1v) is 11.9. The first-order valence-electron chi connectivity index (χ1n) is 10.2. The van der Waals surface area contributed by atoms with Crippen LogP contribution in [0.3, 0.4) is 0 Å². The summed E-state index contributed by atoms with van der Waals surface area (Å²) in [4.78, 5) is 14.9. The highest BCUT2D eigenvalue weighted by atomic mass is 32.2. The summed E-state index contributed by atoms with van der Waals surface area (Å²) < 4.78 is 6.16. The van der Waals surface area contributed by atoms with Gasteiger partial charge < -0.3 is 20.3 Å². The lowest BCUT2D eigenvalue weighted by Gasteiger charge is -2.28. The second-order valence-electron chi connectivity index (χ2n) is 7.11. The van der Waals surface area contributed by atoms with Gasteiger partial charge in [0.1, 0.15) is 0 Å². The highest BCUT2D eigenvalue weighted by Gasteiger charge is 2.18. The van der Waals surface area contributed by atoms with E-state index in [0.717, 1.165) is 47.1 Å². The van der Waals surface area contributed by atoms with Crippen molar-refractivity contribution in [3.8, 4) is 0 Å². The Morgan fingerprint density at radius 1 is 1.13 bits per heavy atom. The average Bonchev–Trinajstić information content (AvgIpc) is 3.26. The van der Waals surface area contributed by atoms with Crippen LogP contribution in [-0.4, -0.2) is 47.7 Å². The minimum atomic E-state index is -0.283. The summed E-state index contributed by atoms with van der Waals surface area (Å²) in [5.74, 6) is -0.0573. The number of amides is 1. The zero-order chi connectivity index (χ0) is 21.5. The van der Waals surface area contributed by atoms with Gasteiger partial charge >= 0.3 is 0 Å². The minimum absolute atomic E-state index is 0.0573. The second kappa shape index (κ2) is 10.6. The maximum absolute atomic E-state index is 12.6. The SMILES string of the molecule is C[C@H](Sc1nnc(NCc2ccccc2)s1)C(=O)Nc1ccc(N2CCOCC2)cc1. The fourth-order valence-electron chi connectivity index (χ4n) is 3.13. The Morgan fingerprint density at radius 2 is 1.87 bits per heavy atom. The molecule has 1 fully saturated rings. The molecular weight excluding hydrogens is 430 g/mol. The van der Waals surface area contributed by atoms with E-state index in [-0.39, 0.29) is 11.2 Å². The molecule has 1 aromatic heterocycles. The molecule has 1 amide bonds. The number of nitrogens with one attached hydrogen (secondary N) is 2. The summed E-state index contributed by atoms with van der Waals surface area (Å²) in [5.41, 5.74) is 3.12. The van der Waals surface area contributed by atoms with Crippen molar-refractivity contribution in [1.82, 2.24) is 10.2 Å². The number of ether oxygens (including phenoxy) is 1. The van der Waals surface area contributed by atoms with Crippen LogP contribution in [0.2, 0.25) is 0 Å². The van der Waals surface area contributed by atoms with Gasteiger partial charge in [-0.1, -0.05) is 53.4 Å². The standard InChI is InChI=1S/C22H25N5O2S2/c1-16(30-22-26-25-21(31-22)23-15-17-5-3-2-4-6-17)20(28)24-18-7-9-19(10-8-18)27-11-13-29-14-12-27/h2-10,16H,11-15H2,1H3,(H,23,25)(H,24,28)/t16-/m0/s1. The second-order valence-corrected chi connectivity index (χ2v) is 9.67. The Labute approximate surface area is 190 Å². The van der Waals surface area contributed by atoms with E-state index in [4.69, 9.17) is 4.74 Å². The quantitative estimate of drug-likeness (QED) is 0.495. The van der Waals surface area contributed by atoms with E-state index < -0.39 is 0 Å². The number of thioether (sulfide) groups is 1. The van der Waals surface area contributed by atoms with Crippen LogP contribution in [0.5, 0.6) is 0 Å². The summed E-state index contributed by atoms with van der Waals surface area (Å²) in [7, 11) is 0. The lowest BCUT2D eigenvalue weighted by molar-refractivity contribution is -0.115. The highest BCUT2D eigenvalue weighted by molar-refractivity contribution is 8.02. The molecule has 7 nitrogen and oxygen atoms in total. The lowest BCUT2D eigenvalue weighted by atomic mass is 10.2. The number of nitrogens with zero attached hydrogens (tertiary/aromatic N) is 3. The van der Waals surface area contributed by atoms with Crippen molar-refractivity contribution < 1.29 is 9.53 Å². The number of carbonyl (C=O) groups excluding carboxylic acids is 1. The number of anilines is 3. The van der Waals surface area contributed by atoms with Crippen LogP contribution in [-0.2, 0) is 16.1 Å². The first kappa shape index (κ1) is 21.6. The molecule has 0 aliphatic carbocycles. The van der Waals surface area contributed by atoms with Crippen molar-refractivity contribution in [3.05, 3.63) is 60.2 Å². The monoisotopic (exact) mass is 455 g/mol. The number of morpholine rings is 1. The molecule has 0 bridgehead atoms. The molecule has 31 heavy (non-hydrogen) atoms. The molecule has 1 atom stereocenters. The topological polar surface area (TPSA) is 79.4 Å². The Morgan fingerprint density at radius 3 is 2.61 bits per heavy atom. The molecule has 0 radical (unpaired) electrons. The number of hydrogen-bond acceptors (Lipinski definition) is 8. The van der Waals surface area contributed by atoms with E-state index in [1.165, 1.54) is 28.7 Å². The van der Waals surface area contributed by atoms with Crippen molar-refractivity contribution in [3.63, 3.8) is 0 Å². The summed E-state index contributed by atoms with van der Waals surface area (Å²) in [6.45, 7) is 5.86. The van der Waals surface area contributed by atoms with Gasteiger partial charge in [-0.2, -0.15) is 0 Å². The molecule has 9 heteroatoms. The van der Waals surface area contributed by atoms with Gasteiger partial charge in [0.05, 0.1) is 18.5 Å². The fourth-order valence-corrected chi connectivity index (χ4v) is 5.02.